The minimum atomic E-state index is 0.00187. The summed E-state index contributed by atoms with van der Waals surface area (Å²) in [5.74, 6) is 0.807. The molecule has 2 atom stereocenters. The van der Waals surface area contributed by atoms with Crippen LogP contribution in [0, 0.1) is 12.5 Å². The van der Waals surface area contributed by atoms with Crippen molar-refractivity contribution in [2.24, 2.45) is 5.11 Å². The van der Waals surface area contributed by atoms with E-state index in [2.05, 4.69) is 23.9 Å². The molecule has 2 aromatic carbocycles. The predicted octanol–water partition coefficient (Wildman–Crippen LogP) is 5.60. The highest BCUT2D eigenvalue weighted by Crippen LogP contribution is 2.26. The van der Waals surface area contributed by atoms with Crippen LogP contribution in [-0.2, 0) is 0 Å². The molecule has 122 valence electrons. The van der Waals surface area contributed by atoms with Crippen LogP contribution >= 0.6 is 11.6 Å². The number of nitrogens with one attached hydrogen (secondary N) is 1. The summed E-state index contributed by atoms with van der Waals surface area (Å²) in [4.78, 5) is 2.17. The van der Waals surface area contributed by atoms with Gasteiger partial charge in [-0.1, -0.05) is 11.6 Å². The second-order valence-corrected chi connectivity index (χ2v) is 6.15. The molecule has 1 N–H and O–H groups in total. The van der Waals surface area contributed by atoms with Gasteiger partial charge in [0.1, 0.15) is 11.9 Å². The lowest BCUT2D eigenvalue weighted by atomic mass is 10.1. The first-order valence-corrected chi connectivity index (χ1v) is 7.93. The van der Waals surface area contributed by atoms with Gasteiger partial charge in [-0.2, -0.15) is 5.11 Å². The first-order valence-electron chi connectivity index (χ1n) is 7.55. The van der Waals surface area contributed by atoms with E-state index in [4.69, 9.17) is 21.9 Å². The lowest BCUT2D eigenvalue weighted by Crippen LogP contribution is -2.40. The summed E-state index contributed by atoms with van der Waals surface area (Å²) < 4.78 is 6.00. The Labute approximate surface area is 142 Å². The third-order valence-corrected chi connectivity index (χ3v) is 4.39. The van der Waals surface area contributed by atoms with Gasteiger partial charge < -0.3 is 9.64 Å². The standard InChI is InChI=1S/C18H22ClN3O/c1-12-11-16(7-10-18(12)21-20)22(4)13(2)14(3)23-17-8-5-15(19)6-9-17/h5-11,13-14,20H,1-4H3. The number of hydrogen-bond acceptors (Lipinski definition) is 4. The van der Waals surface area contributed by atoms with E-state index in [-0.39, 0.29) is 12.1 Å². The fourth-order valence-electron chi connectivity index (χ4n) is 2.36. The Balaban J connectivity index is 2.08. The van der Waals surface area contributed by atoms with Crippen LogP contribution in [0.3, 0.4) is 0 Å². The van der Waals surface area contributed by atoms with Crippen molar-refractivity contribution in [3.8, 4) is 5.75 Å². The molecular formula is C18H22ClN3O. The van der Waals surface area contributed by atoms with Crippen molar-refractivity contribution in [3.63, 3.8) is 0 Å². The summed E-state index contributed by atoms with van der Waals surface area (Å²) in [6, 6.07) is 13.5. The summed E-state index contributed by atoms with van der Waals surface area (Å²) >= 11 is 5.90. The molecule has 2 aromatic rings. The summed E-state index contributed by atoms with van der Waals surface area (Å²) in [5, 5.41) is 4.21. The quantitative estimate of drug-likeness (QED) is 0.700. The van der Waals surface area contributed by atoms with Crippen molar-refractivity contribution in [2.45, 2.75) is 32.9 Å². The van der Waals surface area contributed by atoms with Crippen LogP contribution in [0.4, 0.5) is 11.4 Å². The minimum absolute atomic E-state index is 0.00187. The van der Waals surface area contributed by atoms with Gasteiger partial charge in [0.2, 0.25) is 0 Å². The SMILES string of the molecule is Cc1cc(N(C)C(C)C(C)Oc2ccc(Cl)cc2)ccc1N=N. The van der Waals surface area contributed by atoms with Gasteiger partial charge in [-0.25, -0.2) is 5.53 Å². The first-order chi connectivity index (χ1) is 10.9. The molecule has 0 radical (unpaired) electrons. The molecule has 0 aliphatic carbocycles. The molecule has 4 nitrogen and oxygen atoms in total. The summed E-state index contributed by atoms with van der Waals surface area (Å²) in [6.45, 7) is 6.14. The molecule has 0 aliphatic rings. The number of nitrogens with zero attached hydrogens (tertiary/aromatic N) is 2. The van der Waals surface area contributed by atoms with Gasteiger partial charge in [0.15, 0.2) is 0 Å². The molecule has 0 saturated carbocycles. The molecule has 2 rings (SSSR count). The predicted molar refractivity (Wildman–Crippen MR) is 95.4 cm³/mol. The van der Waals surface area contributed by atoms with Crippen molar-refractivity contribution in [1.82, 2.24) is 0 Å². The van der Waals surface area contributed by atoms with Crippen molar-refractivity contribution < 1.29 is 4.74 Å². The number of aryl methyl sites for hydroxylation is 1. The molecule has 0 spiro atoms. The second-order valence-electron chi connectivity index (χ2n) is 5.71. The second kappa shape index (κ2) is 7.47. The van der Waals surface area contributed by atoms with Crippen molar-refractivity contribution in [3.05, 3.63) is 53.1 Å². The third kappa shape index (κ3) is 4.23. The number of benzene rings is 2. The van der Waals surface area contributed by atoms with Gasteiger partial charge in [-0.3, -0.25) is 0 Å². The van der Waals surface area contributed by atoms with Crippen LogP contribution in [0.1, 0.15) is 19.4 Å². The number of halogens is 1. The number of likely N-dealkylation sites (N-methyl/N-ethyl adjacent to an activating group) is 1. The smallest absolute Gasteiger partial charge is 0.119 e. The van der Waals surface area contributed by atoms with E-state index in [0.29, 0.717) is 10.7 Å². The number of hydrogen-bond donors (Lipinski definition) is 1. The highest BCUT2D eigenvalue weighted by Gasteiger charge is 2.19. The summed E-state index contributed by atoms with van der Waals surface area (Å²) in [6.07, 6.45) is 0.00187. The molecule has 0 fully saturated rings. The van der Waals surface area contributed by atoms with E-state index in [0.717, 1.165) is 17.0 Å². The Morgan fingerprint density at radius 2 is 1.78 bits per heavy atom. The van der Waals surface area contributed by atoms with Gasteiger partial charge in [0.05, 0.1) is 11.7 Å². The number of anilines is 1. The lowest BCUT2D eigenvalue weighted by Gasteiger charge is -2.32. The molecule has 0 aromatic heterocycles. The van der Waals surface area contributed by atoms with Gasteiger partial charge >= 0.3 is 0 Å². The molecule has 0 bridgehead atoms. The van der Waals surface area contributed by atoms with Gasteiger partial charge in [-0.15, -0.1) is 0 Å². The minimum Gasteiger partial charge on any atom is -0.489 e. The van der Waals surface area contributed by atoms with E-state index in [1.165, 1.54) is 0 Å². The Morgan fingerprint density at radius 1 is 1.13 bits per heavy atom. The fourth-order valence-corrected chi connectivity index (χ4v) is 2.49. The van der Waals surface area contributed by atoms with Crippen LogP contribution in [0.5, 0.6) is 5.75 Å². The summed E-state index contributed by atoms with van der Waals surface area (Å²) in [7, 11) is 2.04. The zero-order chi connectivity index (χ0) is 17.0. The molecule has 2 unspecified atom stereocenters. The van der Waals surface area contributed by atoms with Crippen molar-refractivity contribution >= 4 is 23.0 Å². The van der Waals surface area contributed by atoms with Gasteiger partial charge in [0, 0.05) is 17.8 Å². The first kappa shape index (κ1) is 17.3. The highest BCUT2D eigenvalue weighted by atomic mass is 35.5. The van der Waals surface area contributed by atoms with Crippen LogP contribution in [-0.4, -0.2) is 19.2 Å². The van der Waals surface area contributed by atoms with E-state index >= 15 is 0 Å². The zero-order valence-electron chi connectivity index (χ0n) is 13.9. The Kier molecular flexibility index (Phi) is 5.61. The van der Waals surface area contributed by atoms with E-state index in [1.807, 2.05) is 56.4 Å². The molecular weight excluding hydrogens is 310 g/mol. The number of ether oxygens (including phenoxy) is 1. The fraction of sp³-hybridized carbons (Fsp3) is 0.333. The highest BCUT2D eigenvalue weighted by molar-refractivity contribution is 6.30. The maximum atomic E-state index is 7.14. The Bertz CT molecular complexity index is 672. The van der Waals surface area contributed by atoms with Crippen LogP contribution in [0.25, 0.3) is 0 Å². The molecule has 0 heterocycles. The molecule has 5 heteroatoms. The Hall–Kier alpha value is -2.07. The van der Waals surface area contributed by atoms with Gasteiger partial charge in [0.25, 0.3) is 0 Å². The van der Waals surface area contributed by atoms with Crippen LogP contribution < -0.4 is 9.64 Å². The average Bonchev–Trinajstić information content (AvgIpc) is 2.55. The van der Waals surface area contributed by atoms with E-state index in [1.54, 1.807) is 0 Å². The largest absolute Gasteiger partial charge is 0.489 e. The van der Waals surface area contributed by atoms with E-state index in [9.17, 15) is 0 Å². The topological polar surface area (TPSA) is 48.7 Å². The summed E-state index contributed by atoms with van der Waals surface area (Å²) in [5.41, 5.74) is 9.90. The third-order valence-electron chi connectivity index (χ3n) is 4.13. The van der Waals surface area contributed by atoms with E-state index < -0.39 is 0 Å². The Morgan fingerprint density at radius 3 is 2.35 bits per heavy atom. The molecule has 23 heavy (non-hydrogen) atoms. The van der Waals surface area contributed by atoms with Crippen molar-refractivity contribution in [2.75, 3.05) is 11.9 Å². The van der Waals surface area contributed by atoms with Crippen LogP contribution in [0.15, 0.2) is 47.6 Å². The average molecular weight is 332 g/mol. The molecule has 0 amide bonds. The molecule has 0 aliphatic heterocycles. The monoisotopic (exact) mass is 331 g/mol. The number of rotatable bonds is 6. The van der Waals surface area contributed by atoms with Gasteiger partial charge in [-0.05, 0) is 68.8 Å². The maximum absolute atomic E-state index is 7.14. The van der Waals surface area contributed by atoms with Crippen molar-refractivity contribution in [1.29, 1.82) is 5.53 Å². The maximum Gasteiger partial charge on any atom is 0.119 e. The normalized spacial score (nSPS) is 13.3. The zero-order valence-corrected chi connectivity index (χ0v) is 14.6. The molecule has 0 saturated heterocycles. The lowest BCUT2D eigenvalue weighted by molar-refractivity contribution is 0.194. The van der Waals surface area contributed by atoms with Crippen LogP contribution in [0.2, 0.25) is 5.02 Å².